The molecule has 0 bridgehead atoms. The number of hydrogen-bond acceptors (Lipinski definition) is 5. The van der Waals surface area contributed by atoms with E-state index in [1.807, 2.05) is 0 Å². The lowest BCUT2D eigenvalue weighted by molar-refractivity contribution is -0.389. The Morgan fingerprint density at radius 3 is 2.68 bits per heavy atom. The lowest BCUT2D eigenvalue weighted by Crippen LogP contribution is -2.41. The average Bonchev–Trinajstić information content (AvgIpc) is 2.67. The van der Waals surface area contributed by atoms with Crippen molar-refractivity contribution in [3.63, 3.8) is 0 Å². The molecule has 0 aromatic carbocycles. The van der Waals surface area contributed by atoms with Crippen LogP contribution in [0.1, 0.15) is 19.2 Å². The second kappa shape index (κ2) is 5.94. The molecule has 1 amide bonds. The van der Waals surface area contributed by atoms with Gasteiger partial charge in [0.05, 0.1) is 0 Å². The Hall–Kier alpha value is -2.45. The van der Waals surface area contributed by atoms with Crippen LogP contribution in [0.2, 0.25) is 0 Å². The number of aryl methyl sites for hydroxylation is 1. The third-order valence-electron chi connectivity index (χ3n) is 2.51. The van der Waals surface area contributed by atoms with Gasteiger partial charge in [-0.2, -0.15) is 0 Å². The number of carbonyl (C=O) groups is 2. The first-order valence-corrected chi connectivity index (χ1v) is 5.55. The van der Waals surface area contributed by atoms with Gasteiger partial charge in [-0.25, -0.2) is 4.79 Å². The maximum Gasteiger partial charge on any atom is 0.381 e. The molecule has 0 aliphatic carbocycles. The van der Waals surface area contributed by atoms with E-state index in [0.29, 0.717) is 5.82 Å². The summed E-state index contributed by atoms with van der Waals surface area (Å²) in [5.74, 6) is -1.70. The van der Waals surface area contributed by atoms with E-state index in [1.165, 1.54) is 11.5 Å². The molecule has 104 valence electrons. The minimum absolute atomic E-state index is 0.212. The molecule has 9 heteroatoms. The highest BCUT2D eigenvalue weighted by molar-refractivity contribution is 5.83. The van der Waals surface area contributed by atoms with Gasteiger partial charge in [-0.05, 0) is 16.3 Å². The minimum Gasteiger partial charge on any atom is -0.480 e. The molecule has 1 rings (SSSR count). The van der Waals surface area contributed by atoms with Crippen molar-refractivity contribution in [2.75, 3.05) is 0 Å². The lowest BCUT2D eigenvalue weighted by Gasteiger charge is -2.12. The summed E-state index contributed by atoms with van der Waals surface area (Å²) in [5.41, 5.74) is 0. The predicted molar refractivity (Wildman–Crippen MR) is 63.5 cm³/mol. The van der Waals surface area contributed by atoms with Crippen molar-refractivity contribution < 1.29 is 19.6 Å². The molecule has 1 unspecified atom stereocenters. The summed E-state index contributed by atoms with van der Waals surface area (Å²) in [4.78, 5) is 35.9. The smallest absolute Gasteiger partial charge is 0.381 e. The second-order valence-electron chi connectivity index (χ2n) is 3.90. The summed E-state index contributed by atoms with van der Waals surface area (Å²) >= 11 is 0. The van der Waals surface area contributed by atoms with Crippen molar-refractivity contribution in [1.29, 1.82) is 0 Å². The van der Waals surface area contributed by atoms with Crippen LogP contribution in [0.15, 0.2) is 6.20 Å². The summed E-state index contributed by atoms with van der Waals surface area (Å²) < 4.78 is 1.29. The monoisotopic (exact) mass is 270 g/mol. The zero-order chi connectivity index (χ0) is 14.6. The predicted octanol–water partition coefficient (Wildman–Crippen LogP) is 0.0791. The van der Waals surface area contributed by atoms with E-state index >= 15 is 0 Å². The van der Waals surface area contributed by atoms with E-state index < -0.39 is 22.8 Å². The molecule has 9 nitrogen and oxygen atoms in total. The molecule has 1 aromatic heterocycles. The van der Waals surface area contributed by atoms with E-state index in [9.17, 15) is 19.7 Å². The van der Waals surface area contributed by atoms with E-state index in [1.54, 1.807) is 6.92 Å². The Balaban J connectivity index is 2.72. The highest BCUT2D eigenvalue weighted by atomic mass is 16.6. The second-order valence-corrected chi connectivity index (χ2v) is 3.90. The van der Waals surface area contributed by atoms with Crippen molar-refractivity contribution in [3.8, 4) is 0 Å². The van der Waals surface area contributed by atoms with Crippen molar-refractivity contribution in [1.82, 2.24) is 14.9 Å². The molecule has 1 aromatic rings. The van der Waals surface area contributed by atoms with E-state index in [-0.39, 0.29) is 18.8 Å². The molecule has 19 heavy (non-hydrogen) atoms. The Bertz CT molecular complexity index is 510. The van der Waals surface area contributed by atoms with Crippen LogP contribution in [0.5, 0.6) is 0 Å². The van der Waals surface area contributed by atoms with Gasteiger partial charge in [0.15, 0.2) is 0 Å². The van der Waals surface area contributed by atoms with Gasteiger partial charge < -0.3 is 20.5 Å². The van der Waals surface area contributed by atoms with Crippen molar-refractivity contribution >= 4 is 17.7 Å². The van der Waals surface area contributed by atoms with Crippen LogP contribution in [-0.4, -0.2) is 37.5 Å². The number of carbonyl (C=O) groups excluding carboxylic acids is 1. The number of carboxylic acids is 1. The summed E-state index contributed by atoms with van der Waals surface area (Å²) in [7, 11) is 0. The SMILES string of the molecule is CCC(NC(=O)Cn1cc([N+](=O)[O-])nc1C)C(=O)O. The number of carboxylic acid groups (broad SMARTS) is 1. The van der Waals surface area contributed by atoms with E-state index in [0.717, 1.165) is 6.20 Å². The first-order valence-electron chi connectivity index (χ1n) is 5.55. The third kappa shape index (κ3) is 3.76. The molecule has 0 saturated carbocycles. The molecular weight excluding hydrogens is 256 g/mol. The van der Waals surface area contributed by atoms with Crippen molar-refractivity contribution in [2.45, 2.75) is 32.9 Å². The van der Waals surface area contributed by atoms with Gasteiger partial charge in [0.25, 0.3) is 0 Å². The molecule has 0 saturated heterocycles. The first-order chi connectivity index (χ1) is 8.85. The van der Waals surface area contributed by atoms with E-state index in [2.05, 4.69) is 10.3 Å². The zero-order valence-electron chi connectivity index (χ0n) is 10.5. The van der Waals surface area contributed by atoms with Gasteiger partial charge in [-0.1, -0.05) is 6.92 Å². The van der Waals surface area contributed by atoms with Crippen LogP contribution in [0, 0.1) is 17.0 Å². The summed E-state index contributed by atoms with van der Waals surface area (Å²) in [6.07, 6.45) is 1.39. The molecule has 2 N–H and O–H groups in total. The minimum atomic E-state index is -1.12. The van der Waals surface area contributed by atoms with Crippen molar-refractivity contribution in [3.05, 3.63) is 22.1 Å². The summed E-state index contributed by atoms with van der Waals surface area (Å²) in [5, 5.41) is 21.6. The Morgan fingerprint density at radius 1 is 1.63 bits per heavy atom. The zero-order valence-corrected chi connectivity index (χ0v) is 10.5. The number of nitrogens with one attached hydrogen (secondary N) is 1. The quantitative estimate of drug-likeness (QED) is 0.556. The standard InChI is InChI=1S/C10H14N4O5/c1-3-7(10(16)17)12-9(15)5-13-4-8(14(18)19)11-6(13)2/h4,7H,3,5H2,1-2H3,(H,12,15)(H,16,17). The van der Waals surface area contributed by atoms with Gasteiger partial charge in [0, 0.05) is 6.92 Å². The van der Waals surface area contributed by atoms with Crippen LogP contribution in [0.25, 0.3) is 0 Å². The maximum absolute atomic E-state index is 11.6. The number of aromatic nitrogens is 2. The van der Waals surface area contributed by atoms with Gasteiger partial charge in [0.2, 0.25) is 11.7 Å². The fourth-order valence-electron chi connectivity index (χ4n) is 1.47. The average molecular weight is 270 g/mol. The van der Waals surface area contributed by atoms with Crippen molar-refractivity contribution in [2.24, 2.45) is 0 Å². The number of amides is 1. The number of nitro groups is 1. The van der Waals surface area contributed by atoms with Crippen LogP contribution < -0.4 is 5.32 Å². The largest absolute Gasteiger partial charge is 0.480 e. The summed E-state index contributed by atoms with van der Waals surface area (Å²) in [6, 6.07) is -0.966. The Kier molecular flexibility index (Phi) is 4.56. The number of nitrogens with zero attached hydrogens (tertiary/aromatic N) is 3. The molecule has 1 heterocycles. The molecular formula is C10H14N4O5. The summed E-state index contributed by atoms with van der Waals surface area (Å²) in [6.45, 7) is 2.94. The Morgan fingerprint density at radius 2 is 2.26 bits per heavy atom. The van der Waals surface area contributed by atoms with Gasteiger partial charge in [-0.15, -0.1) is 0 Å². The van der Waals surface area contributed by atoms with Gasteiger partial charge >= 0.3 is 11.8 Å². The normalized spacial score (nSPS) is 11.9. The van der Waals surface area contributed by atoms with Crippen LogP contribution in [-0.2, 0) is 16.1 Å². The maximum atomic E-state index is 11.6. The molecule has 0 radical (unpaired) electrons. The molecule has 0 spiro atoms. The lowest BCUT2D eigenvalue weighted by atomic mass is 10.2. The molecule has 0 fully saturated rings. The number of rotatable bonds is 6. The van der Waals surface area contributed by atoms with Gasteiger partial charge in [0.1, 0.15) is 18.8 Å². The molecule has 1 atom stereocenters. The van der Waals surface area contributed by atoms with Gasteiger partial charge in [-0.3, -0.25) is 9.36 Å². The van der Waals surface area contributed by atoms with Crippen LogP contribution in [0.4, 0.5) is 5.82 Å². The molecule has 0 aliphatic heterocycles. The van der Waals surface area contributed by atoms with E-state index in [4.69, 9.17) is 5.11 Å². The third-order valence-corrected chi connectivity index (χ3v) is 2.51. The first kappa shape index (κ1) is 14.6. The topological polar surface area (TPSA) is 127 Å². The van der Waals surface area contributed by atoms with Crippen LogP contribution in [0.3, 0.4) is 0 Å². The fraction of sp³-hybridized carbons (Fsp3) is 0.500. The highest BCUT2D eigenvalue weighted by Gasteiger charge is 2.20. The number of imidazole rings is 1. The Labute approximate surface area is 108 Å². The fourth-order valence-corrected chi connectivity index (χ4v) is 1.47. The number of aliphatic carboxylic acids is 1. The van der Waals surface area contributed by atoms with Crippen LogP contribution >= 0.6 is 0 Å². The molecule has 0 aliphatic rings. The number of hydrogen-bond donors (Lipinski definition) is 2. The highest BCUT2D eigenvalue weighted by Crippen LogP contribution is 2.09.